The predicted octanol–water partition coefficient (Wildman–Crippen LogP) is 5.48. The lowest BCUT2D eigenvalue weighted by Crippen LogP contribution is -2.48. The summed E-state index contributed by atoms with van der Waals surface area (Å²) >= 11 is 0. The Kier molecular flexibility index (Phi) is 4.07. The highest BCUT2D eigenvalue weighted by atomic mass is 16.5. The second-order valence-electron chi connectivity index (χ2n) is 9.12. The molecule has 2 aromatic rings. The summed E-state index contributed by atoms with van der Waals surface area (Å²) in [6, 6.07) is 14.6. The van der Waals surface area contributed by atoms with Crippen LogP contribution in [-0.4, -0.2) is 12.2 Å². The lowest BCUT2D eigenvalue weighted by Gasteiger charge is -2.57. The number of phenols is 1. The van der Waals surface area contributed by atoms with E-state index in [1.807, 2.05) is 12.1 Å². The number of hydrogen-bond donors (Lipinski definition) is 2. The number of benzene rings is 2. The SMILES string of the molecule is COc1ccc(CNc2ccc(C34CC5CC(CC(C5)C3)C4)cc2)c(O)c1. The molecule has 0 spiro atoms. The van der Waals surface area contributed by atoms with Crippen LogP contribution in [0.4, 0.5) is 5.69 Å². The molecule has 0 saturated heterocycles. The van der Waals surface area contributed by atoms with Crippen molar-refractivity contribution in [1.29, 1.82) is 0 Å². The Morgan fingerprint density at radius 2 is 1.59 bits per heavy atom. The van der Waals surface area contributed by atoms with Gasteiger partial charge < -0.3 is 15.2 Å². The van der Waals surface area contributed by atoms with E-state index in [2.05, 4.69) is 29.6 Å². The molecular formula is C24H29NO2. The summed E-state index contributed by atoms with van der Waals surface area (Å²) in [5.74, 6) is 3.88. The van der Waals surface area contributed by atoms with Crippen LogP contribution in [0.1, 0.15) is 49.7 Å². The van der Waals surface area contributed by atoms with Gasteiger partial charge in [0.15, 0.2) is 0 Å². The first-order chi connectivity index (χ1) is 13.1. The largest absolute Gasteiger partial charge is 0.507 e. The van der Waals surface area contributed by atoms with Crippen molar-refractivity contribution in [2.24, 2.45) is 17.8 Å². The van der Waals surface area contributed by atoms with Crippen molar-refractivity contribution < 1.29 is 9.84 Å². The van der Waals surface area contributed by atoms with Gasteiger partial charge in [0.05, 0.1) is 7.11 Å². The first kappa shape index (κ1) is 17.0. The normalized spacial score (nSPS) is 31.1. The number of hydrogen-bond acceptors (Lipinski definition) is 3. The Morgan fingerprint density at radius 1 is 0.963 bits per heavy atom. The Bertz CT molecular complexity index is 791. The van der Waals surface area contributed by atoms with E-state index in [1.165, 1.54) is 38.5 Å². The van der Waals surface area contributed by atoms with Gasteiger partial charge in [-0.1, -0.05) is 12.1 Å². The van der Waals surface area contributed by atoms with Crippen molar-refractivity contribution in [1.82, 2.24) is 0 Å². The van der Waals surface area contributed by atoms with Crippen LogP contribution in [0.3, 0.4) is 0 Å². The lowest BCUT2D eigenvalue weighted by molar-refractivity contribution is -0.00518. The van der Waals surface area contributed by atoms with Gasteiger partial charge in [0.25, 0.3) is 0 Å². The second kappa shape index (κ2) is 6.47. The Morgan fingerprint density at radius 3 is 2.15 bits per heavy atom. The second-order valence-corrected chi connectivity index (χ2v) is 9.12. The first-order valence-corrected chi connectivity index (χ1v) is 10.3. The molecule has 0 aliphatic heterocycles. The van der Waals surface area contributed by atoms with Gasteiger partial charge in [-0.3, -0.25) is 0 Å². The average molecular weight is 364 g/mol. The predicted molar refractivity (Wildman–Crippen MR) is 108 cm³/mol. The molecule has 2 N–H and O–H groups in total. The molecule has 4 aliphatic carbocycles. The molecule has 4 aliphatic rings. The van der Waals surface area contributed by atoms with Crippen LogP contribution in [0, 0.1) is 17.8 Å². The summed E-state index contributed by atoms with van der Waals surface area (Å²) < 4.78 is 5.15. The third-order valence-electron chi connectivity index (χ3n) is 7.31. The number of aromatic hydroxyl groups is 1. The quantitative estimate of drug-likeness (QED) is 0.739. The van der Waals surface area contributed by atoms with Crippen molar-refractivity contribution in [2.75, 3.05) is 12.4 Å². The maximum atomic E-state index is 10.1. The summed E-state index contributed by atoms with van der Waals surface area (Å²) in [5.41, 5.74) is 4.00. The Labute approximate surface area is 161 Å². The molecule has 0 amide bonds. The van der Waals surface area contributed by atoms with Crippen LogP contribution in [-0.2, 0) is 12.0 Å². The van der Waals surface area contributed by atoms with E-state index in [4.69, 9.17) is 4.74 Å². The number of ether oxygens (including phenoxy) is 1. The zero-order valence-corrected chi connectivity index (χ0v) is 16.1. The van der Waals surface area contributed by atoms with Crippen molar-refractivity contribution in [3.05, 3.63) is 53.6 Å². The lowest BCUT2D eigenvalue weighted by atomic mass is 9.48. The fourth-order valence-corrected chi connectivity index (χ4v) is 6.42. The summed E-state index contributed by atoms with van der Waals surface area (Å²) in [4.78, 5) is 0. The fraction of sp³-hybridized carbons (Fsp3) is 0.500. The Hall–Kier alpha value is -2.16. The molecule has 3 nitrogen and oxygen atoms in total. The topological polar surface area (TPSA) is 41.5 Å². The maximum absolute atomic E-state index is 10.1. The highest BCUT2D eigenvalue weighted by Gasteiger charge is 2.51. The molecule has 4 fully saturated rings. The van der Waals surface area contributed by atoms with E-state index >= 15 is 0 Å². The van der Waals surface area contributed by atoms with Crippen molar-refractivity contribution in [2.45, 2.75) is 50.5 Å². The van der Waals surface area contributed by atoms with Gasteiger partial charge in [-0.2, -0.15) is 0 Å². The number of nitrogens with one attached hydrogen (secondary N) is 1. The monoisotopic (exact) mass is 363 g/mol. The summed E-state index contributed by atoms with van der Waals surface area (Å²) in [7, 11) is 1.61. The van der Waals surface area contributed by atoms with Crippen molar-refractivity contribution in [3.63, 3.8) is 0 Å². The minimum absolute atomic E-state index is 0.270. The molecule has 6 rings (SSSR count). The number of phenolic OH excluding ortho intramolecular Hbond substituents is 1. The molecule has 0 aromatic heterocycles. The van der Waals surface area contributed by atoms with Crippen LogP contribution in [0.5, 0.6) is 11.5 Å². The van der Waals surface area contributed by atoms with E-state index in [0.717, 1.165) is 29.0 Å². The van der Waals surface area contributed by atoms with E-state index < -0.39 is 0 Å². The molecule has 0 heterocycles. The van der Waals surface area contributed by atoms with Gasteiger partial charge >= 0.3 is 0 Å². The summed E-state index contributed by atoms with van der Waals surface area (Å²) in [5, 5.41) is 13.6. The van der Waals surface area contributed by atoms with Crippen molar-refractivity contribution in [3.8, 4) is 11.5 Å². The highest BCUT2D eigenvalue weighted by Crippen LogP contribution is 2.60. The number of rotatable bonds is 5. The molecule has 0 radical (unpaired) electrons. The standard InChI is InChI=1S/C24H29NO2/c1-27-22-7-2-19(23(26)11-22)15-25-21-5-3-20(4-6-21)24-12-16-8-17(13-24)10-18(9-16)14-24/h2-7,11,16-18,25-26H,8-10,12-15H2,1H3. The molecule has 2 aromatic carbocycles. The first-order valence-electron chi connectivity index (χ1n) is 10.3. The molecule has 0 atom stereocenters. The molecule has 0 unspecified atom stereocenters. The van der Waals surface area contributed by atoms with Crippen LogP contribution < -0.4 is 10.1 Å². The van der Waals surface area contributed by atoms with E-state index in [1.54, 1.807) is 18.7 Å². The van der Waals surface area contributed by atoms with Gasteiger partial charge in [-0.25, -0.2) is 0 Å². The minimum Gasteiger partial charge on any atom is -0.507 e. The number of anilines is 1. The van der Waals surface area contributed by atoms with Gasteiger partial charge in [0, 0.05) is 23.9 Å². The van der Waals surface area contributed by atoms with Crippen LogP contribution in [0.25, 0.3) is 0 Å². The highest BCUT2D eigenvalue weighted by molar-refractivity contribution is 5.49. The third kappa shape index (κ3) is 3.07. The zero-order valence-electron chi connectivity index (χ0n) is 16.1. The summed E-state index contributed by atoms with van der Waals surface area (Å²) in [6.07, 6.45) is 8.70. The van der Waals surface area contributed by atoms with Crippen LogP contribution in [0.2, 0.25) is 0 Å². The molecular weight excluding hydrogens is 334 g/mol. The number of methoxy groups -OCH3 is 1. The third-order valence-corrected chi connectivity index (χ3v) is 7.31. The smallest absolute Gasteiger partial charge is 0.124 e. The van der Waals surface area contributed by atoms with Crippen LogP contribution in [0.15, 0.2) is 42.5 Å². The maximum Gasteiger partial charge on any atom is 0.124 e. The average Bonchev–Trinajstić information content (AvgIpc) is 2.66. The van der Waals surface area contributed by atoms with E-state index in [9.17, 15) is 5.11 Å². The summed E-state index contributed by atoms with van der Waals surface area (Å²) in [6.45, 7) is 0.604. The molecule has 4 saturated carbocycles. The van der Waals surface area contributed by atoms with E-state index in [-0.39, 0.29) is 5.75 Å². The van der Waals surface area contributed by atoms with Gasteiger partial charge in [0.2, 0.25) is 0 Å². The van der Waals surface area contributed by atoms with E-state index in [0.29, 0.717) is 17.7 Å². The zero-order chi connectivity index (χ0) is 18.4. The molecule has 3 heteroatoms. The minimum atomic E-state index is 0.270. The fourth-order valence-electron chi connectivity index (χ4n) is 6.42. The van der Waals surface area contributed by atoms with Crippen LogP contribution >= 0.6 is 0 Å². The van der Waals surface area contributed by atoms with Gasteiger partial charge in [0.1, 0.15) is 11.5 Å². The molecule has 4 bridgehead atoms. The molecule has 27 heavy (non-hydrogen) atoms. The van der Waals surface area contributed by atoms with Gasteiger partial charge in [-0.05, 0) is 91.5 Å². The molecule has 142 valence electrons. The van der Waals surface area contributed by atoms with Gasteiger partial charge in [-0.15, -0.1) is 0 Å². The van der Waals surface area contributed by atoms with Crippen molar-refractivity contribution >= 4 is 5.69 Å². The Balaban J connectivity index is 1.28.